The van der Waals surface area contributed by atoms with Gasteiger partial charge < -0.3 is 0 Å². The van der Waals surface area contributed by atoms with Crippen LogP contribution in [0, 0.1) is 11.8 Å². The number of aryl methyl sites for hydroxylation is 1. The summed E-state index contributed by atoms with van der Waals surface area (Å²) in [4.78, 5) is 0. The van der Waals surface area contributed by atoms with E-state index in [1.165, 1.54) is 89.9 Å². The minimum Gasteiger partial charge on any atom is -0.0654 e. The molecule has 3 rings (SSSR count). The van der Waals surface area contributed by atoms with E-state index in [0.717, 1.165) is 17.8 Å². The molecule has 0 N–H and O–H groups in total. The molecule has 0 spiro atoms. The summed E-state index contributed by atoms with van der Waals surface area (Å²) in [7, 11) is 0. The molecule has 0 nitrogen and oxygen atoms in total. The lowest BCUT2D eigenvalue weighted by Crippen LogP contribution is -2.16. The van der Waals surface area contributed by atoms with Crippen LogP contribution in [-0.2, 0) is 12.8 Å². The summed E-state index contributed by atoms with van der Waals surface area (Å²) in [5.41, 5.74) is 5.03. The Kier molecular flexibility index (Phi) is 7.44. The van der Waals surface area contributed by atoms with Gasteiger partial charge in [0.25, 0.3) is 0 Å². The Morgan fingerprint density at radius 3 is 2.28 bits per heavy atom. The lowest BCUT2D eigenvalue weighted by atomic mass is 9.75. The first kappa shape index (κ1) is 19.0. The molecule has 1 aromatic carbocycles. The molecule has 0 amide bonds. The fourth-order valence-electron chi connectivity index (χ4n) is 5.31. The third-order valence-electron chi connectivity index (χ3n) is 7.06. The molecule has 0 aromatic heterocycles. The van der Waals surface area contributed by atoms with E-state index in [4.69, 9.17) is 0 Å². The molecule has 0 heteroatoms. The maximum Gasteiger partial charge on any atom is -0.0162 e. The average molecular weight is 341 g/mol. The van der Waals surface area contributed by atoms with Crippen LogP contribution in [0.5, 0.6) is 0 Å². The monoisotopic (exact) mass is 340 g/mol. The summed E-state index contributed by atoms with van der Waals surface area (Å²) in [5.74, 6) is 2.84. The van der Waals surface area contributed by atoms with Crippen LogP contribution >= 0.6 is 0 Å². The summed E-state index contributed by atoms with van der Waals surface area (Å²) in [6, 6.07) is 7.59. The van der Waals surface area contributed by atoms with Gasteiger partial charge in [0.2, 0.25) is 0 Å². The van der Waals surface area contributed by atoms with E-state index in [2.05, 4.69) is 32.0 Å². The summed E-state index contributed by atoms with van der Waals surface area (Å²) in [5, 5.41) is 0. The van der Waals surface area contributed by atoms with E-state index in [1.807, 2.05) is 0 Å². The van der Waals surface area contributed by atoms with Crippen molar-refractivity contribution in [3.8, 4) is 0 Å². The third kappa shape index (κ3) is 5.35. The van der Waals surface area contributed by atoms with Gasteiger partial charge in [-0.15, -0.1) is 0 Å². The predicted molar refractivity (Wildman–Crippen MR) is 110 cm³/mol. The second kappa shape index (κ2) is 9.79. The molecule has 2 aliphatic carbocycles. The molecule has 140 valence electrons. The van der Waals surface area contributed by atoms with E-state index in [-0.39, 0.29) is 0 Å². The molecule has 1 fully saturated rings. The zero-order chi connectivity index (χ0) is 17.5. The fraction of sp³-hybridized carbons (Fsp3) is 0.760. The van der Waals surface area contributed by atoms with Crippen LogP contribution in [0.2, 0.25) is 0 Å². The van der Waals surface area contributed by atoms with Crippen LogP contribution in [0.4, 0.5) is 0 Å². The summed E-state index contributed by atoms with van der Waals surface area (Å²) >= 11 is 0. The van der Waals surface area contributed by atoms with E-state index in [9.17, 15) is 0 Å². The Balaban J connectivity index is 1.52. The van der Waals surface area contributed by atoms with Crippen molar-refractivity contribution in [3.05, 3.63) is 34.9 Å². The number of fused-ring (bicyclic) bond motifs is 1. The molecule has 0 radical (unpaired) electrons. The molecule has 0 bridgehead atoms. The van der Waals surface area contributed by atoms with Crippen molar-refractivity contribution in [2.24, 2.45) is 11.8 Å². The third-order valence-corrected chi connectivity index (χ3v) is 7.06. The highest BCUT2D eigenvalue weighted by atomic mass is 14.3. The highest BCUT2D eigenvalue weighted by Crippen LogP contribution is 2.39. The van der Waals surface area contributed by atoms with Crippen LogP contribution in [0.1, 0.15) is 114 Å². The Bertz CT molecular complexity index is 507. The van der Waals surface area contributed by atoms with Crippen molar-refractivity contribution in [1.29, 1.82) is 0 Å². The second-order valence-corrected chi connectivity index (χ2v) is 8.99. The number of hydrogen-bond acceptors (Lipinski definition) is 0. The van der Waals surface area contributed by atoms with E-state index in [1.54, 1.807) is 16.7 Å². The first-order valence-electron chi connectivity index (χ1n) is 11.4. The molecular weight excluding hydrogens is 300 g/mol. The smallest absolute Gasteiger partial charge is 0.0162 e. The van der Waals surface area contributed by atoms with Crippen LogP contribution < -0.4 is 0 Å². The van der Waals surface area contributed by atoms with Crippen molar-refractivity contribution in [1.82, 2.24) is 0 Å². The van der Waals surface area contributed by atoms with Crippen molar-refractivity contribution in [2.75, 3.05) is 0 Å². The number of unbranched alkanes of at least 4 members (excludes halogenated alkanes) is 3. The molecule has 1 saturated carbocycles. The zero-order valence-electron chi connectivity index (χ0n) is 16.9. The lowest BCUT2D eigenvalue weighted by Gasteiger charge is -2.30. The molecule has 1 atom stereocenters. The van der Waals surface area contributed by atoms with E-state index >= 15 is 0 Å². The number of benzene rings is 1. The fourth-order valence-corrected chi connectivity index (χ4v) is 5.31. The Morgan fingerprint density at radius 2 is 1.52 bits per heavy atom. The molecule has 0 aliphatic heterocycles. The maximum atomic E-state index is 2.60. The van der Waals surface area contributed by atoms with Gasteiger partial charge in [-0.25, -0.2) is 0 Å². The largest absolute Gasteiger partial charge is 0.0654 e. The van der Waals surface area contributed by atoms with Crippen LogP contribution in [0.25, 0.3) is 0 Å². The van der Waals surface area contributed by atoms with Gasteiger partial charge in [0.1, 0.15) is 0 Å². The summed E-state index contributed by atoms with van der Waals surface area (Å²) < 4.78 is 0. The van der Waals surface area contributed by atoms with Crippen molar-refractivity contribution >= 4 is 0 Å². The molecule has 2 aliphatic rings. The molecule has 1 aromatic rings. The van der Waals surface area contributed by atoms with Crippen LogP contribution in [-0.4, -0.2) is 0 Å². The zero-order valence-corrected chi connectivity index (χ0v) is 16.9. The van der Waals surface area contributed by atoms with Gasteiger partial charge in [-0.05, 0) is 79.4 Å². The molecule has 1 unspecified atom stereocenters. The first-order chi connectivity index (χ1) is 12.3. The highest BCUT2D eigenvalue weighted by Gasteiger charge is 2.24. The topological polar surface area (TPSA) is 0 Å². The first-order valence-corrected chi connectivity index (χ1v) is 11.4. The molecular formula is C25H40. The van der Waals surface area contributed by atoms with E-state index in [0.29, 0.717) is 0 Å². The van der Waals surface area contributed by atoms with Gasteiger partial charge in [0.15, 0.2) is 0 Å². The van der Waals surface area contributed by atoms with Gasteiger partial charge in [-0.3, -0.25) is 0 Å². The molecule has 0 heterocycles. The van der Waals surface area contributed by atoms with Crippen molar-refractivity contribution in [2.45, 2.75) is 110 Å². The Labute approximate surface area is 156 Å². The van der Waals surface area contributed by atoms with Gasteiger partial charge in [-0.2, -0.15) is 0 Å². The Morgan fingerprint density at radius 1 is 0.760 bits per heavy atom. The van der Waals surface area contributed by atoms with E-state index < -0.39 is 0 Å². The Hall–Kier alpha value is -0.780. The lowest BCUT2D eigenvalue weighted by molar-refractivity contribution is 0.302. The molecule has 25 heavy (non-hydrogen) atoms. The molecule has 0 saturated heterocycles. The van der Waals surface area contributed by atoms with Crippen molar-refractivity contribution in [3.63, 3.8) is 0 Å². The van der Waals surface area contributed by atoms with Gasteiger partial charge >= 0.3 is 0 Å². The van der Waals surface area contributed by atoms with Crippen molar-refractivity contribution < 1.29 is 0 Å². The minimum absolute atomic E-state index is 0.852. The second-order valence-electron chi connectivity index (χ2n) is 8.99. The highest BCUT2D eigenvalue weighted by molar-refractivity contribution is 5.36. The average Bonchev–Trinajstić information content (AvgIpc) is 2.66. The van der Waals surface area contributed by atoms with Crippen LogP contribution in [0.3, 0.4) is 0 Å². The van der Waals surface area contributed by atoms with Crippen LogP contribution in [0.15, 0.2) is 18.2 Å². The predicted octanol–water partition coefficient (Wildman–Crippen LogP) is 7.84. The van der Waals surface area contributed by atoms with Gasteiger partial charge in [-0.1, -0.05) is 77.0 Å². The minimum atomic E-state index is 0.852. The number of rotatable bonds is 8. The normalized spacial score (nSPS) is 26.4. The van der Waals surface area contributed by atoms with Gasteiger partial charge in [0, 0.05) is 0 Å². The van der Waals surface area contributed by atoms with Gasteiger partial charge in [0.05, 0.1) is 0 Å². The standard InChI is InChI=1S/C25H40/c1-3-5-7-9-20-10-13-22(14-11-20)24-17-16-23-18-21(8-6-4-2)12-15-25(23)19-24/h16-17,19-22H,3-15,18H2,1-2H3/t20-,21?,22-. The SMILES string of the molecule is CCCCC[C@H]1CC[C@H](c2ccc3c(c2)CCC(CCCC)C3)CC1. The quantitative estimate of drug-likeness (QED) is 0.423. The summed E-state index contributed by atoms with van der Waals surface area (Å²) in [6.07, 6.45) is 19.9. The maximum absolute atomic E-state index is 2.60. The summed E-state index contributed by atoms with van der Waals surface area (Å²) in [6.45, 7) is 4.64. The number of hydrogen-bond donors (Lipinski definition) is 0.